The Hall–Kier alpha value is -2.49. The molecule has 9 heteroatoms. The van der Waals surface area contributed by atoms with Gasteiger partial charge in [-0.25, -0.2) is 4.98 Å². The smallest absolute Gasteiger partial charge is 0.279 e. The average Bonchev–Trinajstić information content (AvgIpc) is 3.13. The van der Waals surface area contributed by atoms with E-state index in [1.807, 2.05) is 18.2 Å². The zero-order valence-corrected chi connectivity index (χ0v) is 16.5. The summed E-state index contributed by atoms with van der Waals surface area (Å²) in [5.41, 5.74) is 10.3. The molecule has 0 fully saturated rings. The van der Waals surface area contributed by atoms with Gasteiger partial charge < -0.3 is 10.3 Å². The molecule has 1 aromatic carbocycles. The fourth-order valence-electron chi connectivity index (χ4n) is 3.79. The van der Waals surface area contributed by atoms with Crippen molar-refractivity contribution < 1.29 is 12.8 Å². The summed E-state index contributed by atoms with van der Waals surface area (Å²) in [6.07, 6.45) is 1.12. The van der Waals surface area contributed by atoms with E-state index in [1.54, 1.807) is 12.1 Å². The number of fused-ring (bicyclic) bond motifs is 3. The number of halogens is 1. The first-order chi connectivity index (χ1) is 13.2. The number of hydrogen-bond donors (Lipinski definition) is 2. The molecule has 0 saturated heterocycles. The molecule has 3 N–H and O–H groups in total. The Labute approximate surface area is 163 Å². The highest BCUT2D eigenvalue weighted by Gasteiger charge is 2.31. The second kappa shape index (κ2) is 6.84. The van der Waals surface area contributed by atoms with Gasteiger partial charge in [0.05, 0.1) is 12.2 Å². The summed E-state index contributed by atoms with van der Waals surface area (Å²) in [5, 5.41) is 0.998. The summed E-state index contributed by atoms with van der Waals surface area (Å²) in [7, 11) is -0.536. The SMILES string of the molecule is CN(C)S(=O)(=O)NC1Cc2c(n(Cc3cccc(F)n3)c3ccc(N)cc23)C1. The fraction of sp³-hybridized carbons (Fsp3) is 0.316. The summed E-state index contributed by atoms with van der Waals surface area (Å²) in [6, 6.07) is 10.2. The highest BCUT2D eigenvalue weighted by atomic mass is 32.2. The standard InChI is InChI=1S/C19H22FN5O2S/c1-24(2)28(26,27)23-14-9-16-15-8-12(21)6-7-17(15)25(18(16)10-14)11-13-4-3-5-19(20)22-13/h3-8,14,23H,9-11,21H2,1-2H3. The first-order valence-electron chi connectivity index (χ1n) is 8.95. The van der Waals surface area contributed by atoms with Gasteiger partial charge in [-0.15, -0.1) is 0 Å². The molecule has 1 aliphatic carbocycles. The van der Waals surface area contributed by atoms with Crippen molar-refractivity contribution in [2.45, 2.75) is 25.4 Å². The molecule has 148 valence electrons. The molecule has 4 rings (SSSR count). The molecule has 0 amide bonds. The lowest BCUT2D eigenvalue weighted by Crippen LogP contribution is -2.42. The lowest BCUT2D eigenvalue weighted by Gasteiger charge is -2.18. The first kappa shape index (κ1) is 18.9. The number of rotatable bonds is 5. The number of nitrogen functional groups attached to an aromatic ring is 1. The molecule has 0 radical (unpaired) electrons. The maximum atomic E-state index is 13.5. The molecule has 0 aliphatic heterocycles. The van der Waals surface area contributed by atoms with Gasteiger partial charge in [0, 0.05) is 48.8 Å². The Bertz CT molecular complexity index is 1160. The third kappa shape index (κ3) is 3.36. The third-order valence-electron chi connectivity index (χ3n) is 5.09. The molecule has 2 aromatic heterocycles. The zero-order chi connectivity index (χ0) is 20.1. The fourth-order valence-corrected chi connectivity index (χ4v) is 4.59. The van der Waals surface area contributed by atoms with Crippen LogP contribution in [0.3, 0.4) is 0 Å². The van der Waals surface area contributed by atoms with E-state index in [1.165, 1.54) is 20.2 Å². The maximum Gasteiger partial charge on any atom is 0.279 e. The van der Waals surface area contributed by atoms with Crippen LogP contribution >= 0.6 is 0 Å². The summed E-state index contributed by atoms with van der Waals surface area (Å²) in [5.74, 6) is -0.522. The van der Waals surface area contributed by atoms with Crippen molar-refractivity contribution in [3.8, 4) is 0 Å². The number of nitrogens with zero attached hydrogens (tertiary/aromatic N) is 3. The number of nitrogens with two attached hydrogens (primary N) is 1. The molecule has 7 nitrogen and oxygen atoms in total. The van der Waals surface area contributed by atoms with E-state index in [0.29, 0.717) is 30.8 Å². The van der Waals surface area contributed by atoms with E-state index in [-0.39, 0.29) is 6.04 Å². The average molecular weight is 403 g/mol. The quantitative estimate of drug-likeness (QED) is 0.501. The predicted molar refractivity (Wildman–Crippen MR) is 107 cm³/mol. The van der Waals surface area contributed by atoms with E-state index in [4.69, 9.17) is 5.73 Å². The van der Waals surface area contributed by atoms with Crippen molar-refractivity contribution in [3.05, 3.63) is 59.3 Å². The van der Waals surface area contributed by atoms with Gasteiger partial charge in [-0.1, -0.05) is 6.07 Å². The van der Waals surface area contributed by atoms with Crippen LogP contribution in [0.2, 0.25) is 0 Å². The first-order valence-corrected chi connectivity index (χ1v) is 10.4. The van der Waals surface area contributed by atoms with Crippen molar-refractivity contribution in [3.63, 3.8) is 0 Å². The Morgan fingerprint density at radius 1 is 1.29 bits per heavy atom. The van der Waals surface area contributed by atoms with Crippen LogP contribution in [0.25, 0.3) is 10.9 Å². The van der Waals surface area contributed by atoms with E-state index in [9.17, 15) is 12.8 Å². The Morgan fingerprint density at radius 3 is 2.79 bits per heavy atom. The van der Waals surface area contributed by atoms with Crippen molar-refractivity contribution >= 4 is 26.8 Å². The number of anilines is 1. The zero-order valence-electron chi connectivity index (χ0n) is 15.7. The Balaban J connectivity index is 1.75. The molecule has 1 unspecified atom stereocenters. The molecule has 0 saturated carbocycles. The van der Waals surface area contributed by atoms with Crippen LogP contribution in [0.15, 0.2) is 36.4 Å². The van der Waals surface area contributed by atoms with Crippen LogP contribution in [0.4, 0.5) is 10.1 Å². The molecule has 28 heavy (non-hydrogen) atoms. The topological polar surface area (TPSA) is 93.2 Å². The van der Waals surface area contributed by atoms with Crippen LogP contribution in [-0.2, 0) is 29.6 Å². The van der Waals surface area contributed by atoms with Crippen molar-refractivity contribution in [2.75, 3.05) is 19.8 Å². The van der Waals surface area contributed by atoms with E-state index < -0.39 is 16.2 Å². The summed E-state index contributed by atoms with van der Waals surface area (Å²) in [6.45, 7) is 0.403. The minimum Gasteiger partial charge on any atom is -0.399 e. The van der Waals surface area contributed by atoms with Crippen LogP contribution in [0, 0.1) is 5.95 Å². The summed E-state index contributed by atoms with van der Waals surface area (Å²) >= 11 is 0. The normalized spacial score (nSPS) is 16.8. The van der Waals surface area contributed by atoms with E-state index in [2.05, 4.69) is 14.3 Å². The number of aromatic nitrogens is 2. The highest BCUT2D eigenvalue weighted by molar-refractivity contribution is 7.87. The maximum absolute atomic E-state index is 13.5. The van der Waals surface area contributed by atoms with Crippen molar-refractivity contribution in [1.82, 2.24) is 18.6 Å². The molecule has 2 heterocycles. The largest absolute Gasteiger partial charge is 0.399 e. The van der Waals surface area contributed by atoms with Crippen LogP contribution in [-0.4, -0.2) is 42.4 Å². The number of hydrogen-bond acceptors (Lipinski definition) is 4. The molecule has 0 bridgehead atoms. The van der Waals surface area contributed by atoms with Crippen molar-refractivity contribution in [2.24, 2.45) is 0 Å². The van der Waals surface area contributed by atoms with Gasteiger partial charge in [-0.2, -0.15) is 21.8 Å². The molecule has 0 spiro atoms. The van der Waals surface area contributed by atoms with Gasteiger partial charge >= 0.3 is 0 Å². The van der Waals surface area contributed by atoms with Crippen LogP contribution in [0.5, 0.6) is 0 Å². The predicted octanol–water partition coefficient (Wildman–Crippen LogP) is 1.67. The van der Waals surface area contributed by atoms with Crippen LogP contribution in [0.1, 0.15) is 17.0 Å². The van der Waals surface area contributed by atoms with E-state index in [0.717, 1.165) is 26.5 Å². The second-order valence-electron chi connectivity index (χ2n) is 7.25. The minimum atomic E-state index is -3.53. The molecule has 1 atom stereocenters. The minimum absolute atomic E-state index is 0.241. The number of nitrogens with one attached hydrogen (secondary N) is 1. The monoisotopic (exact) mass is 403 g/mol. The van der Waals surface area contributed by atoms with Gasteiger partial charge in [0.2, 0.25) is 5.95 Å². The lowest BCUT2D eigenvalue weighted by molar-refractivity contribution is 0.487. The molecular weight excluding hydrogens is 381 g/mol. The van der Waals surface area contributed by atoms with E-state index >= 15 is 0 Å². The van der Waals surface area contributed by atoms with Gasteiger partial charge in [-0.3, -0.25) is 0 Å². The number of benzene rings is 1. The Kier molecular flexibility index (Phi) is 4.60. The second-order valence-corrected chi connectivity index (χ2v) is 9.17. The molecular formula is C19H22FN5O2S. The van der Waals surface area contributed by atoms with Gasteiger partial charge in [0.1, 0.15) is 0 Å². The molecule has 1 aliphatic rings. The van der Waals surface area contributed by atoms with Crippen LogP contribution < -0.4 is 10.5 Å². The van der Waals surface area contributed by atoms with Crippen molar-refractivity contribution in [1.29, 1.82) is 0 Å². The third-order valence-corrected chi connectivity index (χ3v) is 6.68. The molecule has 3 aromatic rings. The lowest BCUT2D eigenvalue weighted by atomic mass is 10.1. The summed E-state index contributed by atoms with van der Waals surface area (Å²) < 4.78 is 44.0. The highest BCUT2D eigenvalue weighted by Crippen LogP contribution is 2.35. The van der Waals surface area contributed by atoms with Gasteiger partial charge in [0.15, 0.2) is 0 Å². The van der Waals surface area contributed by atoms with Gasteiger partial charge in [0.25, 0.3) is 10.2 Å². The Morgan fingerprint density at radius 2 is 2.07 bits per heavy atom. The summed E-state index contributed by atoms with van der Waals surface area (Å²) in [4.78, 5) is 3.97. The number of pyridine rings is 1. The van der Waals surface area contributed by atoms with Gasteiger partial charge in [-0.05, 0) is 42.3 Å².